The van der Waals surface area contributed by atoms with E-state index in [2.05, 4.69) is 11.3 Å². The minimum absolute atomic E-state index is 0.149. The molecule has 1 atom stereocenters. The molecule has 1 aromatic rings. The summed E-state index contributed by atoms with van der Waals surface area (Å²) in [5, 5.41) is 10.9. The average molecular weight is 265 g/mol. The highest BCUT2D eigenvalue weighted by atomic mass is 16.6. The van der Waals surface area contributed by atoms with Crippen LogP contribution in [0.25, 0.3) is 0 Å². The molecule has 0 heterocycles. The van der Waals surface area contributed by atoms with Gasteiger partial charge in [0, 0.05) is 6.07 Å². The highest BCUT2D eigenvalue weighted by Crippen LogP contribution is 2.32. The number of allylic oxidation sites excluding steroid dienone is 1. The lowest BCUT2D eigenvalue weighted by Gasteiger charge is -2.13. The Hall–Kier alpha value is -2.37. The van der Waals surface area contributed by atoms with Crippen LogP contribution in [0.15, 0.2) is 30.9 Å². The maximum Gasteiger partial charge on any atom is 0.313 e. The van der Waals surface area contributed by atoms with E-state index in [-0.39, 0.29) is 11.4 Å². The monoisotopic (exact) mass is 265 g/mol. The summed E-state index contributed by atoms with van der Waals surface area (Å²) in [5.74, 6) is -0.914. The van der Waals surface area contributed by atoms with Crippen LogP contribution in [0.3, 0.4) is 0 Å². The fraction of sp³-hybridized carbons (Fsp3) is 0.308. The zero-order valence-electron chi connectivity index (χ0n) is 10.8. The van der Waals surface area contributed by atoms with E-state index in [9.17, 15) is 14.9 Å². The number of benzene rings is 1. The molecular weight excluding hydrogens is 250 g/mol. The molecule has 0 fully saturated rings. The molecule has 0 N–H and O–H groups in total. The van der Waals surface area contributed by atoms with Gasteiger partial charge < -0.3 is 9.47 Å². The van der Waals surface area contributed by atoms with Gasteiger partial charge >= 0.3 is 11.7 Å². The first kappa shape index (κ1) is 14.7. The van der Waals surface area contributed by atoms with E-state index in [0.29, 0.717) is 12.0 Å². The molecule has 0 aliphatic heterocycles. The van der Waals surface area contributed by atoms with Crippen molar-refractivity contribution in [2.75, 3.05) is 14.2 Å². The quantitative estimate of drug-likeness (QED) is 0.341. The molecule has 0 aliphatic carbocycles. The largest absolute Gasteiger partial charge is 0.490 e. The van der Waals surface area contributed by atoms with Gasteiger partial charge in [0.15, 0.2) is 5.75 Å². The number of carbonyl (C=O) groups is 1. The van der Waals surface area contributed by atoms with Crippen LogP contribution in [0.4, 0.5) is 5.69 Å². The second-order valence-electron chi connectivity index (χ2n) is 3.79. The number of carbonyl (C=O) groups excluding carboxylic acids is 1. The van der Waals surface area contributed by atoms with Gasteiger partial charge in [-0.1, -0.05) is 12.1 Å². The number of rotatable bonds is 6. The van der Waals surface area contributed by atoms with Gasteiger partial charge in [-0.15, -0.1) is 6.58 Å². The molecular formula is C13H15NO5. The number of hydrogen-bond donors (Lipinski definition) is 0. The Morgan fingerprint density at radius 3 is 2.68 bits per heavy atom. The standard InChI is InChI=1S/C13H15NO5/c1-4-5-10(13(15)19-3)9-6-7-12(18-2)11(8-9)14(16)17/h4,6-8,10H,1,5H2,2-3H3. The van der Waals surface area contributed by atoms with E-state index >= 15 is 0 Å². The molecule has 0 aliphatic rings. The first-order valence-electron chi connectivity index (χ1n) is 5.56. The Morgan fingerprint density at radius 2 is 2.21 bits per heavy atom. The minimum Gasteiger partial charge on any atom is -0.490 e. The Bertz CT molecular complexity index is 498. The number of ether oxygens (including phenoxy) is 2. The van der Waals surface area contributed by atoms with Gasteiger partial charge in [0.25, 0.3) is 0 Å². The van der Waals surface area contributed by atoms with Gasteiger partial charge in [0.2, 0.25) is 0 Å². The van der Waals surface area contributed by atoms with E-state index in [1.54, 1.807) is 12.1 Å². The molecule has 0 saturated carbocycles. The zero-order chi connectivity index (χ0) is 14.4. The summed E-state index contributed by atoms with van der Waals surface area (Å²) < 4.78 is 9.60. The van der Waals surface area contributed by atoms with E-state index in [0.717, 1.165) is 0 Å². The van der Waals surface area contributed by atoms with Crippen LogP contribution in [-0.4, -0.2) is 25.1 Å². The topological polar surface area (TPSA) is 78.7 Å². The number of nitrogens with zero attached hydrogens (tertiary/aromatic N) is 1. The lowest BCUT2D eigenvalue weighted by Crippen LogP contribution is -2.14. The van der Waals surface area contributed by atoms with Crippen molar-refractivity contribution >= 4 is 11.7 Å². The number of esters is 1. The fourth-order valence-corrected chi connectivity index (χ4v) is 1.74. The van der Waals surface area contributed by atoms with Crippen molar-refractivity contribution in [3.8, 4) is 5.75 Å². The molecule has 0 bridgehead atoms. The van der Waals surface area contributed by atoms with Crippen LogP contribution >= 0.6 is 0 Å². The van der Waals surface area contributed by atoms with Crippen molar-refractivity contribution in [3.63, 3.8) is 0 Å². The first-order valence-corrected chi connectivity index (χ1v) is 5.56. The van der Waals surface area contributed by atoms with Gasteiger partial charge in [0.1, 0.15) is 0 Å². The highest BCUT2D eigenvalue weighted by molar-refractivity contribution is 5.78. The number of nitro benzene ring substituents is 1. The van der Waals surface area contributed by atoms with Crippen LogP contribution in [0.5, 0.6) is 5.75 Å². The van der Waals surface area contributed by atoms with Crippen molar-refractivity contribution in [3.05, 3.63) is 46.5 Å². The van der Waals surface area contributed by atoms with Gasteiger partial charge in [-0.2, -0.15) is 0 Å². The zero-order valence-corrected chi connectivity index (χ0v) is 10.8. The van der Waals surface area contributed by atoms with Gasteiger partial charge in [-0.05, 0) is 18.1 Å². The summed E-state index contributed by atoms with van der Waals surface area (Å²) in [7, 11) is 2.62. The normalized spacial score (nSPS) is 11.5. The molecule has 1 unspecified atom stereocenters. The Labute approximate surface area is 110 Å². The molecule has 1 aromatic carbocycles. The van der Waals surface area contributed by atoms with Crippen molar-refractivity contribution < 1.29 is 19.2 Å². The van der Waals surface area contributed by atoms with E-state index in [4.69, 9.17) is 4.74 Å². The summed E-state index contributed by atoms with van der Waals surface area (Å²) in [4.78, 5) is 22.1. The second kappa shape index (κ2) is 6.53. The smallest absolute Gasteiger partial charge is 0.313 e. The number of methoxy groups -OCH3 is 2. The molecule has 0 aromatic heterocycles. The summed E-state index contributed by atoms with van der Waals surface area (Å²) >= 11 is 0. The van der Waals surface area contributed by atoms with Crippen molar-refractivity contribution in [2.45, 2.75) is 12.3 Å². The Balaban J connectivity index is 3.24. The summed E-state index contributed by atoms with van der Waals surface area (Å²) in [6, 6.07) is 4.40. The van der Waals surface area contributed by atoms with Gasteiger partial charge in [-0.3, -0.25) is 14.9 Å². The highest BCUT2D eigenvalue weighted by Gasteiger charge is 2.24. The summed E-state index contributed by atoms with van der Waals surface area (Å²) in [6.45, 7) is 3.57. The third-order valence-corrected chi connectivity index (χ3v) is 2.69. The van der Waals surface area contributed by atoms with Crippen molar-refractivity contribution in [1.29, 1.82) is 0 Å². The van der Waals surface area contributed by atoms with Crippen LogP contribution in [0.2, 0.25) is 0 Å². The Morgan fingerprint density at radius 1 is 1.53 bits per heavy atom. The lowest BCUT2D eigenvalue weighted by atomic mass is 9.95. The minimum atomic E-state index is -0.605. The van der Waals surface area contributed by atoms with E-state index < -0.39 is 16.8 Å². The second-order valence-corrected chi connectivity index (χ2v) is 3.79. The lowest BCUT2D eigenvalue weighted by molar-refractivity contribution is -0.385. The first-order chi connectivity index (χ1) is 9.04. The maximum absolute atomic E-state index is 11.7. The van der Waals surface area contributed by atoms with E-state index in [1.807, 2.05) is 0 Å². The third-order valence-electron chi connectivity index (χ3n) is 2.69. The summed E-state index contributed by atoms with van der Waals surface area (Å²) in [5.41, 5.74) is 0.317. The molecule has 0 amide bonds. The predicted molar refractivity (Wildman–Crippen MR) is 69.2 cm³/mol. The number of nitro groups is 1. The maximum atomic E-state index is 11.7. The summed E-state index contributed by atoms with van der Waals surface area (Å²) in [6.07, 6.45) is 1.91. The Kier molecular flexibility index (Phi) is 5.05. The molecule has 6 heteroatoms. The average Bonchev–Trinajstić information content (AvgIpc) is 2.43. The predicted octanol–water partition coefficient (Wildman–Crippen LogP) is 2.44. The molecule has 0 saturated heterocycles. The fourth-order valence-electron chi connectivity index (χ4n) is 1.74. The molecule has 102 valence electrons. The van der Waals surface area contributed by atoms with E-state index in [1.165, 1.54) is 26.4 Å². The molecule has 19 heavy (non-hydrogen) atoms. The van der Waals surface area contributed by atoms with Crippen LogP contribution in [0.1, 0.15) is 17.9 Å². The van der Waals surface area contributed by atoms with Crippen molar-refractivity contribution in [2.24, 2.45) is 0 Å². The molecule has 1 rings (SSSR count). The molecule has 6 nitrogen and oxygen atoms in total. The SMILES string of the molecule is C=CCC(C(=O)OC)c1ccc(OC)c([N+](=O)[O-])c1. The van der Waals surface area contributed by atoms with Crippen molar-refractivity contribution in [1.82, 2.24) is 0 Å². The van der Waals surface area contributed by atoms with Gasteiger partial charge in [-0.25, -0.2) is 0 Å². The molecule has 0 spiro atoms. The number of hydrogen-bond acceptors (Lipinski definition) is 5. The third kappa shape index (κ3) is 3.31. The van der Waals surface area contributed by atoms with Gasteiger partial charge in [0.05, 0.1) is 25.1 Å². The van der Waals surface area contributed by atoms with Crippen LogP contribution in [-0.2, 0) is 9.53 Å². The van der Waals surface area contributed by atoms with Crippen LogP contribution in [0, 0.1) is 10.1 Å². The molecule has 0 radical (unpaired) electrons. The van der Waals surface area contributed by atoms with Crippen LogP contribution < -0.4 is 4.74 Å².